The molecule has 1 aromatic heterocycles. The van der Waals surface area contributed by atoms with Crippen molar-refractivity contribution in [3.05, 3.63) is 58.0 Å². The number of methoxy groups -OCH3 is 2. The van der Waals surface area contributed by atoms with Crippen molar-refractivity contribution in [3.8, 4) is 11.5 Å². The van der Waals surface area contributed by atoms with E-state index in [0.29, 0.717) is 49.5 Å². The quantitative estimate of drug-likeness (QED) is 0.695. The largest absolute Gasteiger partial charge is 0.493 e. The van der Waals surface area contributed by atoms with Crippen LogP contribution in [0.1, 0.15) is 22.3 Å². The molecule has 2 heterocycles. The van der Waals surface area contributed by atoms with Crippen LogP contribution in [0, 0.1) is 5.92 Å². The second kappa shape index (κ2) is 9.27. The highest BCUT2D eigenvalue weighted by Gasteiger charge is 2.29. The van der Waals surface area contributed by atoms with Crippen molar-refractivity contribution >= 4 is 11.8 Å². The molecule has 8 nitrogen and oxygen atoms in total. The highest BCUT2D eigenvalue weighted by molar-refractivity contribution is 5.93. The number of benzene rings is 1. The van der Waals surface area contributed by atoms with Crippen molar-refractivity contribution in [2.75, 3.05) is 33.9 Å². The topological polar surface area (TPSA) is 101 Å². The summed E-state index contributed by atoms with van der Waals surface area (Å²) in [5, 5.41) is 2.83. The summed E-state index contributed by atoms with van der Waals surface area (Å²) in [4.78, 5) is 39.8. The molecule has 1 aliphatic heterocycles. The average Bonchev–Trinajstić information content (AvgIpc) is 3.10. The number of carbonyl (C=O) groups is 2. The maximum atomic E-state index is 12.3. The summed E-state index contributed by atoms with van der Waals surface area (Å²) in [7, 11) is 3.19. The number of amides is 2. The molecule has 2 amide bonds. The molecule has 8 heteroatoms. The van der Waals surface area contributed by atoms with Crippen molar-refractivity contribution in [1.82, 2.24) is 15.2 Å². The molecule has 29 heavy (non-hydrogen) atoms. The molecule has 1 atom stereocenters. The van der Waals surface area contributed by atoms with Gasteiger partial charge in [0.15, 0.2) is 11.5 Å². The highest BCUT2D eigenvalue weighted by Crippen LogP contribution is 2.28. The zero-order valence-corrected chi connectivity index (χ0v) is 16.6. The first-order chi connectivity index (χ1) is 14.0. The molecule has 0 bridgehead atoms. The van der Waals surface area contributed by atoms with E-state index in [1.165, 1.54) is 18.3 Å². The first kappa shape index (κ1) is 20.4. The molecule has 2 aromatic rings. The SMILES string of the molecule is COc1ccc(CCN2CC(CNC(=O)c3ccc(=O)[nH]c3)CC2=O)cc1OC. The van der Waals surface area contributed by atoms with E-state index in [1.54, 1.807) is 14.2 Å². The molecule has 0 aliphatic carbocycles. The summed E-state index contributed by atoms with van der Waals surface area (Å²) in [6, 6.07) is 8.52. The van der Waals surface area contributed by atoms with Gasteiger partial charge in [-0.3, -0.25) is 14.4 Å². The van der Waals surface area contributed by atoms with Crippen molar-refractivity contribution in [3.63, 3.8) is 0 Å². The van der Waals surface area contributed by atoms with Gasteiger partial charge in [-0.15, -0.1) is 0 Å². The van der Waals surface area contributed by atoms with Crippen LogP contribution in [0.2, 0.25) is 0 Å². The highest BCUT2D eigenvalue weighted by atomic mass is 16.5. The molecule has 1 aliphatic rings. The van der Waals surface area contributed by atoms with Crippen LogP contribution in [0.15, 0.2) is 41.3 Å². The zero-order valence-electron chi connectivity index (χ0n) is 16.6. The molecule has 2 N–H and O–H groups in total. The minimum absolute atomic E-state index is 0.0691. The van der Waals surface area contributed by atoms with Crippen LogP contribution in [-0.4, -0.2) is 55.6 Å². The first-order valence-electron chi connectivity index (χ1n) is 9.45. The standard InChI is InChI=1S/C21H25N3O5/c1-28-17-5-3-14(9-18(17)29-2)7-8-24-13-15(10-20(24)26)11-23-21(27)16-4-6-19(25)22-12-16/h3-6,9,12,15H,7-8,10-11,13H2,1-2H3,(H,22,25)(H,23,27). The number of hydrogen-bond acceptors (Lipinski definition) is 5. The van der Waals surface area contributed by atoms with Gasteiger partial charge in [0.2, 0.25) is 11.5 Å². The summed E-state index contributed by atoms with van der Waals surface area (Å²) in [6.45, 7) is 1.63. The van der Waals surface area contributed by atoms with Gasteiger partial charge in [0.05, 0.1) is 19.8 Å². The molecule has 0 radical (unpaired) electrons. The van der Waals surface area contributed by atoms with Crippen LogP contribution in [0.25, 0.3) is 0 Å². The Morgan fingerprint density at radius 2 is 1.97 bits per heavy atom. The lowest BCUT2D eigenvalue weighted by Gasteiger charge is -2.17. The lowest BCUT2D eigenvalue weighted by molar-refractivity contribution is -0.127. The number of ether oxygens (including phenoxy) is 2. The van der Waals surface area contributed by atoms with Gasteiger partial charge in [0, 0.05) is 44.2 Å². The molecule has 1 saturated heterocycles. The smallest absolute Gasteiger partial charge is 0.252 e. The second-order valence-electron chi connectivity index (χ2n) is 7.00. The normalized spacial score (nSPS) is 16.0. The molecule has 0 spiro atoms. The van der Waals surface area contributed by atoms with Gasteiger partial charge >= 0.3 is 0 Å². The third kappa shape index (κ3) is 5.16. The number of likely N-dealkylation sites (tertiary alicyclic amines) is 1. The molecular formula is C21H25N3O5. The summed E-state index contributed by atoms with van der Waals surface area (Å²) >= 11 is 0. The number of hydrogen-bond donors (Lipinski definition) is 2. The summed E-state index contributed by atoms with van der Waals surface area (Å²) in [5.74, 6) is 1.23. The monoisotopic (exact) mass is 399 g/mol. The Morgan fingerprint density at radius 3 is 2.66 bits per heavy atom. The number of pyridine rings is 1. The lowest BCUT2D eigenvalue weighted by atomic mass is 10.1. The van der Waals surface area contributed by atoms with Crippen LogP contribution in [0.5, 0.6) is 11.5 Å². The predicted molar refractivity (Wildman–Crippen MR) is 107 cm³/mol. The molecule has 3 rings (SSSR count). The summed E-state index contributed by atoms with van der Waals surface area (Å²) < 4.78 is 10.6. The van der Waals surface area contributed by atoms with E-state index in [-0.39, 0.29) is 23.3 Å². The van der Waals surface area contributed by atoms with Crippen LogP contribution < -0.4 is 20.3 Å². The molecule has 154 valence electrons. The fourth-order valence-corrected chi connectivity index (χ4v) is 3.40. The van der Waals surface area contributed by atoms with Crippen molar-refractivity contribution in [2.45, 2.75) is 12.8 Å². The third-order valence-electron chi connectivity index (χ3n) is 5.01. The van der Waals surface area contributed by atoms with Gasteiger partial charge < -0.3 is 24.7 Å². The van der Waals surface area contributed by atoms with Gasteiger partial charge in [-0.2, -0.15) is 0 Å². The average molecular weight is 399 g/mol. The molecule has 1 aromatic carbocycles. The maximum Gasteiger partial charge on any atom is 0.252 e. The van der Waals surface area contributed by atoms with Gasteiger partial charge in [-0.1, -0.05) is 6.07 Å². The Bertz CT molecular complexity index is 920. The van der Waals surface area contributed by atoms with Crippen molar-refractivity contribution in [2.24, 2.45) is 5.92 Å². The van der Waals surface area contributed by atoms with E-state index in [9.17, 15) is 14.4 Å². The number of aromatic amines is 1. The predicted octanol–water partition coefficient (Wildman–Crippen LogP) is 1.21. The van der Waals surface area contributed by atoms with Gasteiger partial charge in [0.25, 0.3) is 5.91 Å². The van der Waals surface area contributed by atoms with E-state index < -0.39 is 0 Å². The Morgan fingerprint density at radius 1 is 1.17 bits per heavy atom. The molecule has 1 fully saturated rings. The van der Waals surface area contributed by atoms with Crippen LogP contribution in [-0.2, 0) is 11.2 Å². The third-order valence-corrected chi connectivity index (χ3v) is 5.01. The van der Waals surface area contributed by atoms with E-state index in [4.69, 9.17) is 9.47 Å². The van der Waals surface area contributed by atoms with Gasteiger partial charge in [-0.25, -0.2) is 0 Å². The molecule has 1 unspecified atom stereocenters. The summed E-state index contributed by atoms with van der Waals surface area (Å²) in [5.41, 5.74) is 1.19. The van der Waals surface area contributed by atoms with E-state index in [1.807, 2.05) is 23.1 Å². The minimum atomic E-state index is -0.266. The van der Waals surface area contributed by atoms with Gasteiger partial charge in [-0.05, 0) is 30.2 Å². The number of nitrogens with zero attached hydrogens (tertiary/aromatic N) is 1. The fraction of sp³-hybridized carbons (Fsp3) is 0.381. The first-order valence-corrected chi connectivity index (χ1v) is 9.45. The Labute approximate surface area is 168 Å². The van der Waals surface area contributed by atoms with Crippen LogP contribution in [0.4, 0.5) is 0 Å². The Kier molecular flexibility index (Phi) is 6.54. The number of H-pyrrole nitrogens is 1. The number of aromatic nitrogens is 1. The van der Waals surface area contributed by atoms with E-state index in [0.717, 1.165) is 5.56 Å². The van der Waals surface area contributed by atoms with E-state index in [2.05, 4.69) is 10.3 Å². The second-order valence-corrected chi connectivity index (χ2v) is 7.00. The van der Waals surface area contributed by atoms with Gasteiger partial charge in [0.1, 0.15) is 0 Å². The fourth-order valence-electron chi connectivity index (χ4n) is 3.40. The van der Waals surface area contributed by atoms with Crippen LogP contribution in [0.3, 0.4) is 0 Å². The molecular weight excluding hydrogens is 374 g/mol. The number of nitrogens with one attached hydrogen (secondary N) is 2. The summed E-state index contributed by atoms with van der Waals surface area (Å²) in [6.07, 6.45) is 2.51. The zero-order chi connectivity index (χ0) is 20.8. The van der Waals surface area contributed by atoms with Crippen molar-refractivity contribution < 1.29 is 19.1 Å². The Balaban J connectivity index is 1.49. The Hall–Kier alpha value is -3.29. The van der Waals surface area contributed by atoms with E-state index >= 15 is 0 Å². The maximum absolute atomic E-state index is 12.3. The number of rotatable bonds is 8. The van der Waals surface area contributed by atoms with Crippen LogP contribution >= 0.6 is 0 Å². The van der Waals surface area contributed by atoms with Crippen molar-refractivity contribution in [1.29, 1.82) is 0 Å². The number of carbonyl (C=O) groups excluding carboxylic acids is 2. The lowest BCUT2D eigenvalue weighted by Crippen LogP contribution is -2.32. The minimum Gasteiger partial charge on any atom is -0.493 e. The molecule has 0 saturated carbocycles.